The second-order valence-corrected chi connectivity index (χ2v) is 7.28. The van der Waals surface area contributed by atoms with Gasteiger partial charge in [-0.2, -0.15) is 0 Å². The van der Waals surface area contributed by atoms with Crippen molar-refractivity contribution < 1.29 is 14.3 Å². The summed E-state index contributed by atoms with van der Waals surface area (Å²) >= 11 is 5.70. The monoisotopic (exact) mass is 367 g/mol. The summed E-state index contributed by atoms with van der Waals surface area (Å²) in [7, 11) is 0. The van der Waals surface area contributed by atoms with Crippen molar-refractivity contribution in [1.29, 1.82) is 0 Å². The number of carbonyl (C=O) groups excluding carboxylic acids is 1. The van der Waals surface area contributed by atoms with Gasteiger partial charge in [0.1, 0.15) is 29.0 Å². The van der Waals surface area contributed by atoms with Gasteiger partial charge >= 0.3 is 6.09 Å². The molecule has 6 nitrogen and oxygen atoms in total. The lowest BCUT2D eigenvalue weighted by atomic mass is 10.1. The summed E-state index contributed by atoms with van der Waals surface area (Å²) in [5, 5.41) is 0. The molecule has 0 bridgehead atoms. The predicted octanol–water partition coefficient (Wildman–Crippen LogP) is 3.69. The topological polar surface area (TPSA) is 77.1 Å². The Morgan fingerprint density at radius 3 is 2.80 bits per heavy atom. The molecule has 2 N–H and O–H groups in total. The Balaban J connectivity index is 2.05. The standard InChI is InChI=1S/C18H26ClN3O3/c1-18(2,3)25-17(23)22-10-6-7-13(12-22)24-15-9-5-4-8-14(15)21-16(20)11-19/h4-5,8-9,13H,6-7,10-12H2,1-3H3,(H2,20,21). The van der Waals surface area contributed by atoms with Crippen molar-refractivity contribution in [1.82, 2.24) is 4.90 Å². The van der Waals surface area contributed by atoms with Gasteiger partial charge in [-0.15, -0.1) is 11.6 Å². The average Bonchev–Trinajstić information content (AvgIpc) is 2.55. The minimum atomic E-state index is -0.509. The first-order valence-electron chi connectivity index (χ1n) is 8.41. The lowest BCUT2D eigenvalue weighted by Gasteiger charge is -2.34. The van der Waals surface area contributed by atoms with Gasteiger partial charge < -0.3 is 20.1 Å². The van der Waals surface area contributed by atoms with Crippen molar-refractivity contribution in [3.63, 3.8) is 0 Å². The molecule has 0 saturated carbocycles. The summed E-state index contributed by atoms with van der Waals surface area (Å²) in [6.07, 6.45) is 1.30. The maximum Gasteiger partial charge on any atom is 0.410 e. The van der Waals surface area contributed by atoms with Crippen LogP contribution in [0.1, 0.15) is 33.6 Å². The SMILES string of the molecule is CC(C)(C)OC(=O)N1CCCC(Oc2ccccc2N=C(N)CCl)C1. The molecule has 1 aromatic carbocycles. The Kier molecular flexibility index (Phi) is 6.53. The van der Waals surface area contributed by atoms with Gasteiger partial charge in [0.15, 0.2) is 0 Å². The molecule has 7 heteroatoms. The lowest BCUT2D eigenvalue weighted by Crippen LogP contribution is -2.46. The number of likely N-dealkylation sites (tertiary alicyclic amines) is 1. The van der Waals surface area contributed by atoms with Crippen LogP contribution in [0.2, 0.25) is 0 Å². The summed E-state index contributed by atoms with van der Waals surface area (Å²) in [4.78, 5) is 18.2. The number of alkyl halides is 1. The largest absolute Gasteiger partial charge is 0.486 e. The highest BCUT2D eigenvalue weighted by Crippen LogP contribution is 2.29. The number of nitrogens with two attached hydrogens (primary N) is 1. The molecular weight excluding hydrogens is 342 g/mol. The molecule has 1 amide bonds. The number of rotatable bonds is 4. The zero-order chi connectivity index (χ0) is 18.4. The highest BCUT2D eigenvalue weighted by molar-refractivity contribution is 6.28. The Morgan fingerprint density at radius 2 is 2.12 bits per heavy atom. The number of benzene rings is 1. The highest BCUT2D eigenvalue weighted by Gasteiger charge is 2.28. The van der Waals surface area contributed by atoms with E-state index in [9.17, 15) is 4.79 Å². The van der Waals surface area contributed by atoms with Crippen molar-refractivity contribution in [2.45, 2.75) is 45.3 Å². The van der Waals surface area contributed by atoms with Crippen LogP contribution in [-0.4, -0.2) is 47.5 Å². The van der Waals surface area contributed by atoms with Gasteiger partial charge in [-0.3, -0.25) is 0 Å². The van der Waals surface area contributed by atoms with E-state index in [4.69, 9.17) is 26.8 Å². The second-order valence-electron chi connectivity index (χ2n) is 7.01. The molecule has 0 spiro atoms. The number of hydrogen-bond acceptors (Lipinski definition) is 4. The maximum atomic E-state index is 12.3. The number of para-hydroxylation sites is 2. The van der Waals surface area contributed by atoms with Crippen LogP contribution in [-0.2, 0) is 4.74 Å². The van der Waals surface area contributed by atoms with Gasteiger partial charge in [0.25, 0.3) is 0 Å². The van der Waals surface area contributed by atoms with Crippen molar-refractivity contribution in [3.05, 3.63) is 24.3 Å². The number of ether oxygens (including phenoxy) is 2. The Hall–Kier alpha value is -1.95. The van der Waals surface area contributed by atoms with E-state index >= 15 is 0 Å². The molecule has 25 heavy (non-hydrogen) atoms. The number of nitrogens with zero attached hydrogens (tertiary/aromatic N) is 2. The van der Waals surface area contributed by atoms with Crippen LogP contribution in [0.5, 0.6) is 5.75 Å². The molecule has 0 aliphatic carbocycles. The van der Waals surface area contributed by atoms with E-state index in [2.05, 4.69) is 4.99 Å². The number of aliphatic imine (C=N–C) groups is 1. The van der Waals surface area contributed by atoms with Crippen LogP contribution < -0.4 is 10.5 Å². The predicted molar refractivity (Wildman–Crippen MR) is 99.9 cm³/mol. The minimum absolute atomic E-state index is 0.116. The molecule has 1 aliphatic rings. The van der Waals surface area contributed by atoms with E-state index < -0.39 is 5.60 Å². The second kappa shape index (κ2) is 8.43. The normalized spacial score (nSPS) is 18.8. The number of amidine groups is 1. The van der Waals surface area contributed by atoms with Gasteiger partial charge in [-0.25, -0.2) is 9.79 Å². The van der Waals surface area contributed by atoms with Crippen LogP contribution in [0, 0.1) is 0 Å². The maximum absolute atomic E-state index is 12.3. The van der Waals surface area contributed by atoms with Crippen molar-refractivity contribution in [3.8, 4) is 5.75 Å². The zero-order valence-corrected chi connectivity index (χ0v) is 15.8. The first kappa shape index (κ1) is 19.4. The van der Waals surface area contributed by atoms with E-state index in [-0.39, 0.29) is 18.1 Å². The van der Waals surface area contributed by atoms with E-state index in [1.54, 1.807) is 4.90 Å². The third-order valence-corrected chi connectivity index (χ3v) is 3.86. The van der Waals surface area contributed by atoms with Gasteiger partial charge in [-0.1, -0.05) is 12.1 Å². The molecule has 1 unspecified atom stereocenters. The molecule has 2 rings (SSSR count). The lowest BCUT2D eigenvalue weighted by molar-refractivity contribution is 0.00784. The summed E-state index contributed by atoms with van der Waals surface area (Å²) in [6, 6.07) is 7.40. The van der Waals surface area contributed by atoms with Crippen LogP contribution in [0.25, 0.3) is 0 Å². The number of piperidine rings is 1. The van der Waals surface area contributed by atoms with E-state index in [0.717, 1.165) is 12.8 Å². The minimum Gasteiger partial charge on any atom is -0.486 e. The summed E-state index contributed by atoms with van der Waals surface area (Å²) < 4.78 is 11.5. The first-order chi connectivity index (χ1) is 11.8. The Morgan fingerprint density at radius 1 is 1.40 bits per heavy atom. The van der Waals surface area contributed by atoms with E-state index in [0.29, 0.717) is 30.4 Å². The molecule has 1 aliphatic heterocycles. The molecule has 138 valence electrons. The van der Waals surface area contributed by atoms with Crippen molar-refractivity contribution in [2.24, 2.45) is 10.7 Å². The number of halogens is 1. The Bertz CT molecular complexity index is 628. The summed E-state index contributed by atoms with van der Waals surface area (Å²) in [5.74, 6) is 1.12. The van der Waals surface area contributed by atoms with Gasteiger partial charge in [0.05, 0.1) is 12.4 Å². The van der Waals surface area contributed by atoms with Crippen LogP contribution >= 0.6 is 11.6 Å². The molecule has 1 aromatic rings. The van der Waals surface area contributed by atoms with Crippen LogP contribution in [0.3, 0.4) is 0 Å². The van der Waals surface area contributed by atoms with Crippen molar-refractivity contribution >= 4 is 29.2 Å². The zero-order valence-electron chi connectivity index (χ0n) is 15.0. The first-order valence-corrected chi connectivity index (χ1v) is 8.94. The number of amides is 1. The molecule has 1 saturated heterocycles. The molecule has 0 aromatic heterocycles. The van der Waals surface area contributed by atoms with Gasteiger partial charge in [-0.05, 0) is 45.7 Å². The van der Waals surface area contributed by atoms with E-state index in [1.807, 2.05) is 45.0 Å². The molecule has 1 heterocycles. The fourth-order valence-electron chi connectivity index (χ4n) is 2.54. The number of carbonyl (C=O) groups is 1. The molecule has 1 atom stereocenters. The van der Waals surface area contributed by atoms with Crippen LogP contribution in [0.15, 0.2) is 29.3 Å². The molecular formula is C18H26ClN3O3. The quantitative estimate of drug-likeness (QED) is 0.500. The fraction of sp³-hybridized carbons (Fsp3) is 0.556. The van der Waals surface area contributed by atoms with Gasteiger partial charge in [0, 0.05) is 6.54 Å². The summed E-state index contributed by atoms with van der Waals surface area (Å²) in [5.41, 5.74) is 5.85. The fourth-order valence-corrected chi connectivity index (χ4v) is 2.60. The average molecular weight is 368 g/mol. The number of hydrogen-bond donors (Lipinski definition) is 1. The van der Waals surface area contributed by atoms with Gasteiger partial charge in [0.2, 0.25) is 0 Å². The third kappa shape index (κ3) is 6.12. The Labute approximate surface area is 153 Å². The summed E-state index contributed by atoms with van der Waals surface area (Å²) in [6.45, 7) is 6.74. The molecule has 1 fully saturated rings. The van der Waals surface area contributed by atoms with E-state index in [1.165, 1.54) is 0 Å². The highest BCUT2D eigenvalue weighted by atomic mass is 35.5. The van der Waals surface area contributed by atoms with Crippen LogP contribution in [0.4, 0.5) is 10.5 Å². The van der Waals surface area contributed by atoms with Crippen molar-refractivity contribution in [2.75, 3.05) is 19.0 Å². The smallest absolute Gasteiger partial charge is 0.410 e. The third-order valence-electron chi connectivity index (χ3n) is 3.59. The molecule has 0 radical (unpaired) electrons.